The molecule has 0 aromatic carbocycles. The third-order valence-electron chi connectivity index (χ3n) is 5.16. The molecule has 0 amide bonds. The van der Waals surface area contributed by atoms with Crippen molar-refractivity contribution in [1.82, 2.24) is 19.9 Å². The number of aromatic nitrogens is 4. The van der Waals surface area contributed by atoms with Gasteiger partial charge in [0.2, 0.25) is 23.6 Å². The Bertz CT molecular complexity index is 1570. The maximum absolute atomic E-state index is 13.0. The Kier molecular flexibility index (Phi) is 6.96. The first-order chi connectivity index (χ1) is 18.9. The Morgan fingerprint density at radius 1 is 0.600 bits per heavy atom. The Morgan fingerprint density at radius 3 is 1.20 bits per heavy atom. The summed E-state index contributed by atoms with van der Waals surface area (Å²) in [5, 5.41) is 37.2. The number of halogens is 6. The lowest BCUT2D eigenvalue weighted by atomic mass is 10.1. The number of alkyl halides is 6. The van der Waals surface area contributed by atoms with Crippen molar-refractivity contribution in [3.63, 3.8) is 0 Å². The number of nitrogens with zero attached hydrogens (tertiary/aromatic N) is 8. The molecule has 198 valence electrons. The summed E-state index contributed by atoms with van der Waals surface area (Å²) in [6, 6.07) is 9.68. The highest BCUT2D eigenvalue weighted by Gasteiger charge is 2.35. The minimum absolute atomic E-state index is 0.0980. The topological polar surface area (TPSA) is 173 Å². The van der Waals surface area contributed by atoms with Gasteiger partial charge in [-0.05, 0) is 24.3 Å². The number of nitriles is 4. The van der Waals surface area contributed by atoms with Crippen LogP contribution in [0.5, 0.6) is 0 Å². The van der Waals surface area contributed by atoms with Crippen LogP contribution in [0.25, 0.3) is 34.0 Å². The molecule has 0 saturated heterocycles. The summed E-state index contributed by atoms with van der Waals surface area (Å²) in [5.41, 5.74) is -3.23. The highest BCUT2D eigenvalue weighted by molar-refractivity contribution is 5.82. The predicted octanol–water partition coefficient (Wildman–Crippen LogP) is 5.75. The predicted molar refractivity (Wildman–Crippen MR) is 116 cm³/mol. The molecule has 16 heteroatoms. The van der Waals surface area contributed by atoms with Gasteiger partial charge in [-0.2, -0.15) is 47.4 Å². The molecule has 0 spiro atoms. The zero-order valence-corrected chi connectivity index (χ0v) is 19.3. The zero-order valence-electron chi connectivity index (χ0n) is 19.3. The third kappa shape index (κ3) is 5.15. The van der Waals surface area contributed by atoms with Crippen molar-refractivity contribution in [3.8, 4) is 58.3 Å². The molecule has 4 heterocycles. The van der Waals surface area contributed by atoms with Gasteiger partial charge in [-0.1, -0.05) is 0 Å². The second kappa shape index (κ2) is 10.2. The van der Waals surface area contributed by atoms with Crippen LogP contribution in [0.4, 0.5) is 26.3 Å². The van der Waals surface area contributed by atoms with E-state index in [1.807, 2.05) is 0 Å². The first-order valence-electron chi connectivity index (χ1n) is 10.6. The molecule has 0 saturated carbocycles. The minimum Gasteiger partial charge on any atom is -0.434 e. The maximum Gasteiger partial charge on any atom is 0.433 e. The molecule has 0 N–H and O–H groups in total. The van der Waals surface area contributed by atoms with Gasteiger partial charge in [-0.25, -0.2) is 9.97 Å². The summed E-state index contributed by atoms with van der Waals surface area (Å²) >= 11 is 0. The molecule has 0 atom stereocenters. The second-order valence-electron chi connectivity index (χ2n) is 7.70. The largest absolute Gasteiger partial charge is 0.434 e. The van der Waals surface area contributed by atoms with Gasteiger partial charge in [0.1, 0.15) is 22.8 Å². The van der Waals surface area contributed by atoms with Crippen molar-refractivity contribution < 1.29 is 35.2 Å². The van der Waals surface area contributed by atoms with Crippen molar-refractivity contribution in [1.29, 1.82) is 21.0 Å². The average Bonchev–Trinajstić information content (AvgIpc) is 3.55. The van der Waals surface area contributed by atoms with Gasteiger partial charge < -0.3 is 8.83 Å². The molecule has 0 aliphatic carbocycles. The van der Waals surface area contributed by atoms with E-state index in [-0.39, 0.29) is 22.5 Å². The number of rotatable bonds is 5. The first kappa shape index (κ1) is 27.3. The Labute approximate surface area is 219 Å². The highest BCUT2D eigenvalue weighted by atomic mass is 19.4. The maximum atomic E-state index is 13.0. The van der Waals surface area contributed by atoms with Crippen LogP contribution in [0.15, 0.2) is 45.5 Å². The fraction of sp³-hybridized carbons (Fsp3) is 0.167. The molecular weight excluding hydrogens is 546 g/mol. The van der Waals surface area contributed by atoms with Gasteiger partial charge >= 0.3 is 12.4 Å². The van der Waals surface area contributed by atoms with Crippen LogP contribution in [0.3, 0.4) is 0 Å². The zero-order chi connectivity index (χ0) is 29.2. The molecule has 40 heavy (non-hydrogen) atoms. The van der Waals surface area contributed by atoms with Crippen LogP contribution in [-0.2, 0) is 12.4 Å². The van der Waals surface area contributed by atoms with Crippen LogP contribution >= 0.6 is 0 Å². The van der Waals surface area contributed by atoms with E-state index in [1.165, 1.54) is 0 Å². The number of hydrogen-bond acceptors (Lipinski definition) is 10. The highest BCUT2D eigenvalue weighted by Crippen LogP contribution is 2.42. The molecule has 10 nitrogen and oxygen atoms in total. The van der Waals surface area contributed by atoms with Crippen molar-refractivity contribution in [2.75, 3.05) is 0 Å². The smallest absolute Gasteiger partial charge is 0.433 e. The second-order valence-corrected chi connectivity index (χ2v) is 7.70. The molecular formula is C24H8F6N8O2. The van der Waals surface area contributed by atoms with E-state index in [0.717, 1.165) is 24.5 Å². The third-order valence-corrected chi connectivity index (χ3v) is 5.16. The van der Waals surface area contributed by atoms with Gasteiger partial charge in [0.15, 0.2) is 11.5 Å². The fourth-order valence-electron chi connectivity index (χ4n) is 3.30. The molecule has 0 bridgehead atoms. The molecule has 4 aromatic heterocycles. The molecule has 0 unspecified atom stereocenters. The van der Waals surface area contributed by atoms with E-state index in [4.69, 9.17) is 8.83 Å². The summed E-state index contributed by atoms with van der Waals surface area (Å²) < 4.78 is 89.4. The normalized spacial score (nSPS) is 11.6. The summed E-state index contributed by atoms with van der Waals surface area (Å²) in [5.74, 6) is -5.01. The van der Waals surface area contributed by atoms with Crippen LogP contribution in [0, 0.1) is 45.3 Å². The Balaban J connectivity index is 1.98. The van der Waals surface area contributed by atoms with Crippen LogP contribution in [0.2, 0.25) is 0 Å². The summed E-state index contributed by atoms with van der Waals surface area (Å²) in [4.78, 5) is 14.8. The monoisotopic (exact) mass is 554 g/mol. The lowest BCUT2D eigenvalue weighted by molar-refractivity contribution is -0.141. The lowest BCUT2D eigenvalue weighted by Gasteiger charge is -2.07. The van der Waals surface area contributed by atoms with Crippen molar-refractivity contribution in [2.45, 2.75) is 24.2 Å². The van der Waals surface area contributed by atoms with Crippen molar-refractivity contribution in [3.05, 3.63) is 59.8 Å². The summed E-state index contributed by atoms with van der Waals surface area (Å²) in [6.07, 6.45) is -7.97. The number of pyridine rings is 2. The molecule has 0 radical (unpaired) electrons. The molecule has 0 aliphatic rings. The molecule has 4 aromatic rings. The van der Waals surface area contributed by atoms with Crippen LogP contribution < -0.4 is 0 Å². The number of oxazole rings is 2. The van der Waals surface area contributed by atoms with E-state index in [9.17, 15) is 47.4 Å². The number of hydrogen-bond donors (Lipinski definition) is 0. The molecule has 0 fully saturated rings. The summed E-state index contributed by atoms with van der Waals surface area (Å²) in [7, 11) is 0. The Morgan fingerprint density at radius 2 is 0.950 bits per heavy atom. The van der Waals surface area contributed by atoms with Crippen molar-refractivity contribution in [2.24, 2.45) is 0 Å². The van der Waals surface area contributed by atoms with E-state index in [1.54, 1.807) is 24.3 Å². The van der Waals surface area contributed by atoms with Crippen LogP contribution in [-0.4, -0.2) is 19.9 Å². The van der Waals surface area contributed by atoms with Gasteiger partial charge in [0, 0.05) is 23.5 Å². The van der Waals surface area contributed by atoms with Gasteiger partial charge in [0.05, 0.1) is 24.3 Å². The van der Waals surface area contributed by atoms with E-state index in [0.29, 0.717) is 12.1 Å². The van der Waals surface area contributed by atoms with Crippen molar-refractivity contribution >= 4 is 0 Å². The quantitative estimate of drug-likeness (QED) is 0.276. The first-order valence-corrected chi connectivity index (χ1v) is 10.6. The summed E-state index contributed by atoms with van der Waals surface area (Å²) in [6.45, 7) is 0. The van der Waals surface area contributed by atoms with Gasteiger partial charge in [-0.3, -0.25) is 9.97 Å². The van der Waals surface area contributed by atoms with Crippen LogP contribution in [0.1, 0.15) is 35.0 Å². The molecule has 0 aliphatic heterocycles. The minimum atomic E-state index is -4.77. The van der Waals surface area contributed by atoms with Gasteiger partial charge in [0.25, 0.3) is 0 Å². The fourth-order valence-corrected chi connectivity index (χ4v) is 3.30. The average molecular weight is 554 g/mol. The molecule has 4 rings (SSSR count). The Hall–Kier alpha value is -5.74. The van der Waals surface area contributed by atoms with E-state index < -0.39 is 58.9 Å². The van der Waals surface area contributed by atoms with E-state index in [2.05, 4.69) is 19.9 Å². The lowest BCUT2D eigenvalue weighted by Crippen LogP contribution is -2.07. The van der Waals surface area contributed by atoms with Gasteiger partial charge in [-0.15, -0.1) is 0 Å². The standard InChI is InChI=1S/C24H8F6N8O2/c25-23(26,27)15-3-1-11(9-35-15)17-19(39-21(37-17)13(5-31)6-32)20-18(38-22(40-20)14(7-33)8-34)12-2-4-16(36-10-12)24(28,29)30/h1-4,9-10,13-14H. The SMILES string of the molecule is N#CC(C#N)c1nc(-c2ccc(C(F)(F)F)nc2)c(-c2oc(C(C#N)C#N)nc2-c2ccc(C(F)(F)F)nc2)o1. The van der Waals surface area contributed by atoms with E-state index >= 15 is 0 Å².